The Labute approximate surface area is 134 Å². The van der Waals surface area contributed by atoms with Crippen molar-refractivity contribution in [1.82, 2.24) is 24.9 Å². The summed E-state index contributed by atoms with van der Waals surface area (Å²) in [6.45, 7) is 4.89. The van der Waals surface area contributed by atoms with Gasteiger partial charge in [0.05, 0.1) is 17.4 Å². The van der Waals surface area contributed by atoms with Crippen LogP contribution in [0.2, 0.25) is 0 Å². The van der Waals surface area contributed by atoms with E-state index in [-0.39, 0.29) is 17.9 Å². The van der Waals surface area contributed by atoms with Gasteiger partial charge in [0.2, 0.25) is 0 Å². The van der Waals surface area contributed by atoms with Crippen LogP contribution >= 0.6 is 0 Å². The maximum atomic E-state index is 13.3. The van der Waals surface area contributed by atoms with Gasteiger partial charge in [0.1, 0.15) is 5.82 Å². The molecular weight excluding hydrogens is 293 g/mol. The molecule has 2 unspecified atom stereocenters. The van der Waals surface area contributed by atoms with Crippen LogP contribution in [0.15, 0.2) is 55.0 Å². The van der Waals surface area contributed by atoms with Crippen LogP contribution in [0.4, 0.5) is 4.39 Å². The van der Waals surface area contributed by atoms with E-state index >= 15 is 0 Å². The van der Waals surface area contributed by atoms with Crippen molar-refractivity contribution in [3.8, 4) is 5.69 Å². The molecule has 3 aromatic rings. The van der Waals surface area contributed by atoms with Crippen molar-refractivity contribution in [2.45, 2.75) is 32.5 Å². The maximum absolute atomic E-state index is 13.3. The van der Waals surface area contributed by atoms with E-state index in [1.165, 1.54) is 12.1 Å². The molecule has 0 radical (unpaired) electrons. The van der Waals surface area contributed by atoms with Crippen molar-refractivity contribution in [3.63, 3.8) is 0 Å². The lowest BCUT2D eigenvalue weighted by atomic mass is 10.1. The average molecular weight is 313 g/mol. The highest BCUT2D eigenvalue weighted by atomic mass is 19.1. The highest BCUT2D eigenvalue weighted by molar-refractivity contribution is 5.31. The summed E-state index contributed by atoms with van der Waals surface area (Å²) < 4.78 is 16.9. The second-order valence-electron chi connectivity index (χ2n) is 5.63. The first-order valence-electron chi connectivity index (χ1n) is 7.66. The Morgan fingerprint density at radius 2 is 2.04 bits per heavy atom. The monoisotopic (exact) mass is 313 g/mol. The van der Waals surface area contributed by atoms with Gasteiger partial charge in [-0.3, -0.25) is 4.68 Å². The standard InChI is InChI=1S/C17H20FN5/c1-13(14(2)22-9-4-8-20-22)19-12-16-7-10-23(21-16)17-6-3-5-15(18)11-17/h3-11,13-14,19H,12H2,1-2H3. The van der Waals surface area contributed by atoms with Gasteiger partial charge in [-0.05, 0) is 44.2 Å². The molecule has 120 valence electrons. The molecule has 23 heavy (non-hydrogen) atoms. The quantitative estimate of drug-likeness (QED) is 0.761. The van der Waals surface area contributed by atoms with Crippen LogP contribution in [0.25, 0.3) is 5.69 Å². The third kappa shape index (κ3) is 3.65. The average Bonchev–Trinajstić information content (AvgIpc) is 3.23. The molecule has 1 aromatic carbocycles. The highest BCUT2D eigenvalue weighted by Crippen LogP contribution is 2.11. The van der Waals surface area contributed by atoms with Crippen LogP contribution in [0.1, 0.15) is 25.6 Å². The van der Waals surface area contributed by atoms with E-state index in [0.717, 1.165) is 5.69 Å². The van der Waals surface area contributed by atoms with Gasteiger partial charge in [0, 0.05) is 31.2 Å². The Balaban J connectivity index is 1.61. The summed E-state index contributed by atoms with van der Waals surface area (Å²) in [6, 6.07) is 10.7. The summed E-state index contributed by atoms with van der Waals surface area (Å²) in [6.07, 6.45) is 5.58. The van der Waals surface area contributed by atoms with Gasteiger partial charge in [-0.25, -0.2) is 9.07 Å². The molecule has 0 saturated carbocycles. The van der Waals surface area contributed by atoms with Crippen LogP contribution in [0.5, 0.6) is 0 Å². The summed E-state index contributed by atoms with van der Waals surface area (Å²) in [4.78, 5) is 0. The van der Waals surface area contributed by atoms with E-state index in [1.807, 2.05) is 35.3 Å². The smallest absolute Gasteiger partial charge is 0.125 e. The largest absolute Gasteiger partial charge is 0.306 e. The number of benzene rings is 1. The number of aromatic nitrogens is 4. The molecule has 0 amide bonds. The molecule has 0 fully saturated rings. The normalized spacial score (nSPS) is 13.9. The molecule has 0 aliphatic carbocycles. The Bertz CT molecular complexity index is 750. The van der Waals surface area contributed by atoms with Crippen LogP contribution in [0, 0.1) is 5.82 Å². The van der Waals surface area contributed by atoms with E-state index in [2.05, 4.69) is 29.4 Å². The molecule has 0 spiro atoms. The first-order chi connectivity index (χ1) is 11.1. The number of halogens is 1. The van der Waals surface area contributed by atoms with Crippen molar-refractivity contribution in [2.24, 2.45) is 0 Å². The Kier molecular flexibility index (Phi) is 4.52. The lowest BCUT2D eigenvalue weighted by molar-refractivity contribution is 0.363. The predicted octanol–water partition coefficient (Wildman–Crippen LogP) is 2.95. The number of hydrogen-bond donors (Lipinski definition) is 1. The molecule has 2 heterocycles. The third-order valence-electron chi connectivity index (χ3n) is 3.99. The molecule has 5 nitrogen and oxygen atoms in total. The Morgan fingerprint density at radius 3 is 2.78 bits per heavy atom. The van der Waals surface area contributed by atoms with Crippen LogP contribution in [-0.2, 0) is 6.54 Å². The van der Waals surface area contributed by atoms with Gasteiger partial charge in [-0.1, -0.05) is 6.07 Å². The van der Waals surface area contributed by atoms with Crippen molar-refractivity contribution >= 4 is 0 Å². The zero-order valence-electron chi connectivity index (χ0n) is 13.2. The number of nitrogens with zero attached hydrogens (tertiary/aromatic N) is 4. The Morgan fingerprint density at radius 1 is 1.17 bits per heavy atom. The molecular formula is C17H20FN5. The van der Waals surface area contributed by atoms with Crippen LogP contribution in [0.3, 0.4) is 0 Å². The second kappa shape index (κ2) is 6.75. The molecule has 0 aliphatic heterocycles. The van der Waals surface area contributed by atoms with Crippen molar-refractivity contribution < 1.29 is 4.39 Å². The van der Waals surface area contributed by atoms with E-state index in [1.54, 1.807) is 16.9 Å². The minimum atomic E-state index is -0.264. The minimum absolute atomic E-state index is 0.245. The SMILES string of the molecule is CC(NCc1ccn(-c2cccc(F)c2)n1)C(C)n1cccn1. The van der Waals surface area contributed by atoms with Crippen molar-refractivity contribution in [3.05, 3.63) is 66.5 Å². The zero-order chi connectivity index (χ0) is 16.2. The number of hydrogen-bond acceptors (Lipinski definition) is 3. The number of nitrogens with one attached hydrogen (secondary N) is 1. The summed E-state index contributed by atoms with van der Waals surface area (Å²) in [5.74, 6) is -0.264. The van der Waals surface area contributed by atoms with E-state index in [0.29, 0.717) is 12.2 Å². The molecule has 1 N–H and O–H groups in total. The van der Waals surface area contributed by atoms with Gasteiger partial charge in [-0.2, -0.15) is 10.2 Å². The summed E-state index contributed by atoms with van der Waals surface area (Å²) >= 11 is 0. The summed E-state index contributed by atoms with van der Waals surface area (Å²) in [5, 5.41) is 12.2. The second-order valence-corrected chi connectivity index (χ2v) is 5.63. The van der Waals surface area contributed by atoms with Gasteiger partial charge < -0.3 is 5.32 Å². The first kappa shape index (κ1) is 15.4. The third-order valence-corrected chi connectivity index (χ3v) is 3.99. The fraction of sp³-hybridized carbons (Fsp3) is 0.294. The fourth-order valence-corrected chi connectivity index (χ4v) is 2.41. The molecule has 3 rings (SSSR count). The molecule has 6 heteroatoms. The topological polar surface area (TPSA) is 47.7 Å². The van der Waals surface area contributed by atoms with Gasteiger partial charge >= 0.3 is 0 Å². The van der Waals surface area contributed by atoms with Gasteiger partial charge in [-0.15, -0.1) is 0 Å². The van der Waals surface area contributed by atoms with E-state index in [9.17, 15) is 4.39 Å². The first-order valence-corrected chi connectivity index (χ1v) is 7.66. The van der Waals surface area contributed by atoms with E-state index < -0.39 is 0 Å². The van der Waals surface area contributed by atoms with Crippen molar-refractivity contribution in [2.75, 3.05) is 0 Å². The van der Waals surface area contributed by atoms with E-state index in [4.69, 9.17) is 0 Å². The van der Waals surface area contributed by atoms with Gasteiger partial charge in [0.15, 0.2) is 0 Å². The molecule has 2 atom stereocenters. The zero-order valence-corrected chi connectivity index (χ0v) is 13.2. The molecule has 0 aliphatic rings. The van der Waals surface area contributed by atoms with Gasteiger partial charge in [0.25, 0.3) is 0 Å². The Hall–Kier alpha value is -2.47. The van der Waals surface area contributed by atoms with Crippen molar-refractivity contribution in [1.29, 1.82) is 0 Å². The highest BCUT2D eigenvalue weighted by Gasteiger charge is 2.14. The molecule has 0 saturated heterocycles. The summed E-state index contributed by atoms with van der Waals surface area (Å²) in [7, 11) is 0. The number of rotatable bonds is 6. The maximum Gasteiger partial charge on any atom is 0.125 e. The minimum Gasteiger partial charge on any atom is -0.306 e. The molecule has 0 bridgehead atoms. The molecule has 2 aromatic heterocycles. The van der Waals surface area contributed by atoms with Crippen LogP contribution < -0.4 is 5.32 Å². The predicted molar refractivity (Wildman–Crippen MR) is 86.8 cm³/mol. The fourth-order valence-electron chi connectivity index (χ4n) is 2.41. The summed E-state index contributed by atoms with van der Waals surface area (Å²) in [5.41, 5.74) is 1.63. The van der Waals surface area contributed by atoms with Crippen LogP contribution in [-0.4, -0.2) is 25.6 Å². The lowest BCUT2D eigenvalue weighted by Crippen LogP contribution is -2.33. The lowest BCUT2D eigenvalue weighted by Gasteiger charge is -2.21.